The van der Waals surface area contributed by atoms with Crippen molar-refractivity contribution < 1.29 is 23.4 Å². The normalized spacial score (nSPS) is 10.6. The van der Waals surface area contributed by atoms with Crippen molar-refractivity contribution in [3.05, 3.63) is 23.0 Å². The Morgan fingerprint density at radius 1 is 1.59 bits per heavy atom. The maximum atomic E-state index is 12.7. The topological polar surface area (TPSA) is 85.4 Å². The Morgan fingerprint density at radius 3 is 2.65 bits per heavy atom. The molecule has 0 saturated heterocycles. The molecule has 0 spiro atoms. The van der Waals surface area contributed by atoms with E-state index < -0.39 is 24.5 Å². The minimum absolute atomic E-state index is 0.0747. The van der Waals surface area contributed by atoms with Gasteiger partial charge < -0.3 is 15.6 Å². The second-order valence-electron chi connectivity index (χ2n) is 3.24. The monoisotopic (exact) mass is 246 g/mol. The van der Waals surface area contributed by atoms with Crippen LogP contribution in [0.15, 0.2) is 6.20 Å². The number of pyridine rings is 1. The average molecular weight is 246 g/mol. The van der Waals surface area contributed by atoms with E-state index >= 15 is 0 Å². The molecule has 0 unspecified atom stereocenters. The van der Waals surface area contributed by atoms with Gasteiger partial charge in [-0.15, -0.1) is 0 Å². The number of hydrogen-bond donors (Lipinski definition) is 2. The van der Waals surface area contributed by atoms with Crippen LogP contribution >= 0.6 is 0 Å². The lowest BCUT2D eigenvalue weighted by molar-refractivity contribution is -0.136. The van der Waals surface area contributed by atoms with Crippen LogP contribution in [-0.4, -0.2) is 23.2 Å². The number of alkyl halides is 2. The fourth-order valence-corrected chi connectivity index (χ4v) is 1.52. The quantitative estimate of drug-likeness (QED) is 0.812. The smallest absolute Gasteiger partial charge is 0.307 e. The van der Waals surface area contributed by atoms with Gasteiger partial charge in [0.05, 0.1) is 19.7 Å². The van der Waals surface area contributed by atoms with Crippen molar-refractivity contribution in [1.82, 2.24) is 4.98 Å². The van der Waals surface area contributed by atoms with E-state index in [1.807, 2.05) is 0 Å². The molecular formula is C10H12F2N2O3. The maximum Gasteiger partial charge on any atom is 0.307 e. The Kier molecular flexibility index (Phi) is 4.33. The number of carbonyl (C=O) groups is 1. The standard InChI is InChI=1S/C10H12F2N2O3/c1-17-7-4-14-9(10(11)12)5(2-8(15)16)6(7)3-13/h4,10H,2-3,13H2,1H3,(H,15,16). The number of rotatable bonds is 5. The summed E-state index contributed by atoms with van der Waals surface area (Å²) in [6.07, 6.45) is -2.29. The van der Waals surface area contributed by atoms with Crippen LogP contribution in [0.5, 0.6) is 5.75 Å². The molecule has 0 radical (unpaired) electrons. The van der Waals surface area contributed by atoms with E-state index in [4.69, 9.17) is 15.6 Å². The molecule has 0 aliphatic carbocycles. The summed E-state index contributed by atoms with van der Waals surface area (Å²) in [5, 5.41) is 8.70. The van der Waals surface area contributed by atoms with Gasteiger partial charge in [-0.25, -0.2) is 8.78 Å². The maximum absolute atomic E-state index is 12.7. The predicted molar refractivity (Wildman–Crippen MR) is 55.0 cm³/mol. The summed E-state index contributed by atoms with van der Waals surface area (Å²) >= 11 is 0. The molecule has 1 aromatic heterocycles. The van der Waals surface area contributed by atoms with Crippen LogP contribution in [0.4, 0.5) is 8.78 Å². The molecule has 0 atom stereocenters. The molecule has 7 heteroatoms. The molecule has 0 aliphatic rings. The third-order valence-corrected chi connectivity index (χ3v) is 2.25. The number of methoxy groups -OCH3 is 1. The van der Waals surface area contributed by atoms with Crippen molar-refractivity contribution in [3.8, 4) is 5.75 Å². The van der Waals surface area contributed by atoms with Gasteiger partial charge in [-0.3, -0.25) is 9.78 Å². The van der Waals surface area contributed by atoms with Crippen molar-refractivity contribution in [2.75, 3.05) is 7.11 Å². The van der Waals surface area contributed by atoms with Crippen LogP contribution in [0.3, 0.4) is 0 Å². The van der Waals surface area contributed by atoms with Gasteiger partial charge >= 0.3 is 5.97 Å². The molecule has 0 aromatic carbocycles. The summed E-state index contributed by atoms with van der Waals surface area (Å²) in [4.78, 5) is 14.2. The van der Waals surface area contributed by atoms with Crippen molar-refractivity contribution in [2.24, 2.45) is 5.73 Å². The van der Waals surface area contributed by atoms with E-state index in [1.54, 1.807) is 0 Å². The van der Waals surface area contributed by atoms with Crippen LogP contribution in [0.25, 0.3) is 0 Å². The highest BCUT2D eigenvalue weighted by molar-refractivity contribution is 5.71. The van der Waals surface area contributed by atoms with E-state index in [2.05, 4.69) is 4.98 Å². The molecule has 17 heavy (non-hydrogen) atoms. The molecule has 94 valence electrons. The zero-order valence-corrected chi connectivity index (χ0v) is 9.11. The summed E-state index contributed by atoms with van der Waals surface area (Å²) in [5.41, 5.74) is 5.04. The van der Waals surface area contributed by atoms with Crippen LogP contribution in [-0.2, 0) is 17.8 Å². The average Bonchev–Trinajstić information content (AvgIpc) is 2.27. The lowest BCUT2D eigenvalue weighted by Crippen LogP contribution is -2.13. The molecule has 1 heterocycles. The van der Waals surface area contributed by atoms with Gasteiger partial charge in [0.1, 0.15) is 11.4 Å². The van der Waals surface area contributed by atoms with Gasteiger partial charge in [0.15, 0.2) is 0 Å². The molecule has 0 fully saturated rings. The van der Waals surface area contributed by atoms with E-state index in [9.17, 15) is 13.6 Å². The van der Waals surface area contributed by atoms with Gasteiger partial charge in [0.25, 0.3) is 6.43 Å². The molecule has 1 rings (SSSR count). The third kappa shape index (κ3) is 2.88. The summed E-state index contributed by atoms with van der Waals surface area (Å²) in [6.45, 7) is -0.0893. The Morgan fingerprint density at radius 2 is 2.24 bits per heavy atom. The SMILES string of the molecule is COc1cnc(C(F)F)c(CC(=O)O)c1CN. The van der Waals surface area contributed by atoms with Crippen LogP contribution in [0, 0.1) is 0 Å². The van der Waals surface area contributed by atoms with Crippen LogP contribution in [0.1, 0.15) is 23.2 Å². The Bertz CT molecular complexity index is 424. The Balaban J connectivity index is 3.38. The highest BCUT2D eigenvalue weighted by Crippen LogP contribution is 2.29. The molecular weight excluding hydrogens is 234 g/mol. The van der Waals surface area contributed by atoms with E-state index in [-0.39, 0.29) is 23.4 Å². The number of halogens is 2. The number of aliphatic carboxylic acids is 1. The second kappa shape index (κ2) is 5.53. The van der Waals surface area contributed by atoms with Gasteiger partial charge in [0, 0.05) is 12.1 Å². The van der Waals surface area contributed by atoms with Gasteiger partial charge in [0.2, 0.25) is 0 Å². The Hall–Kier alpha value is -1.76. The van der Waals surface area contributed by atoms with Gasteiger partial charge in [-0.2, -0.15) is 0 Å². The second-order valence-corrected chi connectivity index (χ2v) is 3.24. The number of aromatic nitrogens is 1. The van der Waals surface area contributed by atoms with E-state index in [0.717, 1.165) is 6.20 Å². The highest BCUT2D eigenvalue weighted by atomic mass is 19.3. The largest absolute Gasteiger partial charge is 0.495 e. The molecule has 3 N–H and O–H groups in total. The molecule has 0 amide bonds. The first kappa shape index (κ1) is 13.3. The fraction of sp³-hybridized carbons (Fsp3) is 0.400. The summed E-state index contributed by atoms with van der Waals surface area (Å²) in [7, 11) is 1.34. The van der Waals surface area contributed by atoms with Crippen LogP contribution in [0.2, 0.25) is 0 Å². The first-order chi connectivity index (χ1) is 8.01. The van der Waals surface area contributed by atoms with E-state index in [0.29, 0.717) is 0 Å². The summed E-state index contributed by atoms with van der Waals surface area (Å²) in [6, 6.07) is 0. The van der Waals surface area contributed by atoms with Gasteiger partial charge in [-0.1, -0.05) is 0 Å². The van der Waals surface area contributed by atoms with Crippen molar-refractivity contribution in [1.29, 1.82) is 0 Å². The first-order valence-electron chi connectivity index (χ1n) is 4.75. The molecule has 0 saturated carbocycles. The number of ether oxygens (including phenoxy) is 1. The minimum atomic E-state index is -2.85. The molecule has 0 bridgehead atoms. The number of nitrogens with zero attached hydrogens (tertiary/aromatic N) is 1. The van der Waals surface area contributed by atoms with E-state index in [1.165, 1.54) is 7.11 Å². The molecule has 0 aliphatic heterocycles. The lowest BCUT2D eigenvalue weighted by atomic mass is 10.0. The molecule has 1 aromatic rings. The summed E-state index contributed by atoms with van der Waals surface area (Å²) in [5.74, 6) is -1.01. The first-order valence-corrected chi connectivity index (χ1v) is 4.75. The minimum Gasteiger partial charge on any atom is -0.495 e. The zero-order chi connectivity index (χ0) is 13.0. The predicted octanol–water partition coefficient (Wildman–Crippen LogP) is 1.11. The number of hydrogen-bond acceptors (Lipinski definition) is 4. The van der Waals surface area contributed by atoms with Crippen molar-refractivity contribution >= 4 is 5.97 Å². The van der Waals surface area contributed by atoms with Crippen molar-refractivity contribution in [3.63, 3.8) is 0 Å². The number of carboxylic acid groups (broad SMARTS) is 1. The Labute approximate surface area is 96.2 Å². The lowest BCUT2D eigenvalue weighted by Gasteiger charge is -2.14. The number of nitrogens with two attached hydrogens (primary N) is 1. The molecule has 5 nitrogen and oxygen atoms in total. The highest BCUT2D eigenvalue weighted by Gasteiger charge is 2.22. The van der Waals surface area contributed by atoms with Crippen LogP contribution < -0.4 is 10.5 Å². The van der Waals surface area contributed by atoms with Gasteiger partial charge in [-0.05, 0) is 5.56 Å². The van der Waals surface area contributed by atoms with Crippen molar-refractivity contribution in [2.45, 2.75) is 19.4 Å². The number of carboxylic acids is 1. The summed E-state index contributed by atoms with van der Waals surface area (Å²) < 4.78 is 30.3. The zero-order valence-electron chi connectivity index (χ0n) is 9.11. The fourth-order valence-electron chi connectivity index (χ4n) is 1.52. The third-order valence-electron chi connectivity index (χ3n) is 2.25.